The quantitative estimate of drug-likeness (QED) is 0.0521. The molecule has 2 saturated heterocycles. The zero-order valence-electron chi connectivity index (χ0n) is 50.0. The van der Waals surface area contributed by atoms with Crippen molar-refractivity contribution in [2.75, 3.05) is 106 Å². The Kier molecular flexibility index (Phi) is 22.0. The molecular formula is C71H81N9O5. The summed E-state index contributed by atoms with van der Waals surface area (Å²) >= 11 is 0. The monoisotopic (exact) mass is 1140 g/mol. The molecule has 0 saturated carbocycles. The molecule has 440 valence electrons. The number of morpholine rings is 1. The molecular weight excluding hydrogens is 1060 g/mol. The number of fused-ring (bicyclic) bond motifs is 3. The van der Waals surface area contributed by atoms with Crippen LogP contribution in [0.4, 0.5) is 0 Å². The van der Waals surface area contributed by atoms with Gasteiger partial charge in [-0.15, -0.1) is 0 Å². The van der Waals surface area contributed by atoms with E-state index < -0.39 is 0 Å². The lowest BCUT2D eigenvalue weighted by molar-refractivity contribution is 0.0374. The average molecular weight is 1140 g/mol. The first kappa shape index (κ1) is 61.3. The van der Waals surface area contributed by atoms with Crippen molar-refractivity contribution in [2.45, 2.75) is 46.0 Å². The van der Waals surface area contributed by atoms with Gasteiger partial charge >= 0.3 is 0 Å². The van der Waals surface area contributed by atoms with E-state index in [9.17, 15) is 19.5 Å². The van der Waals surface area contributed by atoms with Crippen molar-refractivity contribution >= 4 is 50.3 Å². The number of nitrogens with zero attached hydrogens (tertiary/aromatic N) is 7. The van der Waals surface area contributed by atoms with Crippen LogP contribution >= 0.6 is 0 Å². The Morgan fingerprint density at radius 3 is 1.51 bits per heavy atom. The van der Waals surface area contributed by atoms with Gasteiger partial charge in [-0.2, -0.15) is 0 Å². The molecule has 9 aromatic rings. The second-order valence-electron chi connectivity index (χ2n) is 22.5. The Bertz CT molecular complexity index is 3690. The summed E-state index contributed by atoms with van der Waals surface area (Å²) in [5, 5.41) is 19.4. The molecule has 3 aromatic heterocycles. The molecule has 0 unspecified atom stereocenters. The van der Waals surface area contributed by atoms with Gasteiger partial charge in [0, 0.05) is 110 Å². The van der Waals surface area contributed by atoms with E-state index >= 15 is 0 Å². The zero-order valence-corrected chi connectivity index (χ0v) is 50.0. The molecule has 2 fully saturated rings. The smallest absolute Gasteiger partial charge is 0.251 e. The van der Waals surface area contributed by atoms with Gasteiger partial charge in [0.15, 0.2) is 5.78 Å². The van der Waals surface area contributed by atoms with E-state index in [0.29, 0.717) is 36.2 Å². The molecule has 5 heterocycles. The number of rotatable bonds is 19. The summed E-state index contributed by atoms with van der Waals surface area (Å²) in [6.07, 6.45) is 9.75. The third-order valence-corrected chi connectivity index (χ3v) is 15.8. The number of benzene rings is 6. The van der Waals surface area contributed by atoms with Crippen LogP contribution in [0.1, 0.15) is 74.3 Å². The number of unbranched alkanes of at least 4 members (excludes halogenated alkanes) is 1. The topological polar surface area (TPSA) is 156 Å². The summed E-state index contributed by atoms with van der Waals surface area (Å²) in [7, 11) is 6.25. The number of ketones is 1. The number of aryl methyl sites for hydroxylation is 2. The minimum Gasteiger partial charge on any atom is -0.506 e. The molecule has 14 nitrogen and oxygen atoms in total. The fourth-order valence-electron chi connectivity index (χ4n) is 10.9. The summed E-state index contributed by atoms with van der Waals surface area (Å²) in [6.45, 7) is 16.7. The standard InChI is InChI=1S/C25H30N4O.C24H27N3O2.C22H24N2O2/c1-19-16-23(18-21-8-4-9-26-24(19)21)20-6-3-7-22(17-20)25(30)27-10-5-11-29-14-12-28(2)13-15-29;1-18-15-22(17-20-7-3-8-25-23(18)20)19-5-2-6-21(16-19)24(28)26-9-4-10-27-11-13-29-14-12-27;1-24(2)13-4-3-7-20(25)17-10-8-16(9-11-17)19-14-18-6-5-12-23-22(18)21(26)15-19/h3-4,6-9,16-18H,5,10-15H2,1-2H3,(H,27,30);2-3,5-8,15-17H,4,9-14H2,1H3,(H,26,28);5-6,8-12,14-15,26H,3-4,7,13H2,1-2H3. The Morgan fingerprint density at radius 2 is 0.988 bits per heavy atom. The Balaban J connectivity index is 0.000000153. The molecule has 6 aromatic carbocycles. The Morgan fingerprint density at radius 1 is 0.506 bits per heavy atom. The summed E-state index contributed by atoms with van der Waals surface area (Å²) in [5.74, 6) is 0.322. The highest BCUT2D eigenvalue weighted by atomic mass is 16.5. The first-order chi connectivity index (χ1) is 41.3. The van der Waals surface area contributed by atoms with E-state index in [-0.39, 0.29) is 23.3 Å². The van der Waals surface area contributed by atoms with Crippen LogP contribution in [-0.2, 0) is 4.74 Å². The number of Topliss-reactive ketones (excluding diaryl/α,β-unsaturated/α-hetero) is 1. The van der Waals surface area contributed by atoms with Gasteiger partial charge in [0.2, 0.25) is 0 Å². The van der Waals surface area contributed by atoms with Crippen LogP contribution in [0.5, 0.6) is 5.75 Å². The lowest BCUT2D eigenvalue weighted by atomic mass is 9.98. The molecule has 0 bridgehead atoms. The van der Waals surface area contributed by atoms with E-state index in [0.717, 1.165) is 175 Å². The minimum absolute atomic E-state index is 0.00518. The fraction of sp³-hybridized carbons (Fsp3) is 0.324. The van der Waals surface area contributed by atoms with Gasteiger partial charge in [-0.1, -0.05) is 66.7 Å². The van der Waals surface area contributed by atoms with Crippen LogP contribution < -0.4 is 10.6 Å². The number of carbonyl (C=O) groups excluding carboxylic acids is 3. The van der Waals surface area contributed by atoms with E-state index in [2.05, 4.69) is 109 Å². The maximum Gasteiger partial charge on any atom is 0.251 e. The Labute approximate surface area is 500 Å². The molecule has 2 aliphatic rings. The maximum absolute atomic E-state index is 12.7. The highest BCUT2D eigenvalue weighted by Crippen LogP contribution is 2.32. The summed E-state index contributed by atoms with van der Waals surface area (Å²) < 4.78 is 5.37. The van der Waals surface area contributed by atoms with Crippen LogP contribution in [0, 0.1) is 13.8 Å². The van der Waals surface area contributed by atoms with Crippen LogP contribution in [-0.4, -0.2) is 164 Å². The van der Waals surface area contributed by atoms with Crippen molar-refractivity contribution in [3.05, 3.63) is 192 Å². The number of piperazine rings is 1. The first-order valence-electron chi connectivity index (χ1n) is 29.9. The van der Waals surface area contributed by atoms with Crippen LogP contribution in [0.15, 0.2) is 164 Å². The molecule has 14 heteroatoms. The first-order valence-corrected chi connectivity index (χ1v) is 29.9. The molecule has 0 atom stereocenters. The molecule has 11 rings (SSSR count). The molecule has 0 aliphatic carbocycles. The fourth-order valence-corrected chi connectivity index (χ4v) is 10.9. The van der Waals surface area contributed by atoms with Crippen molar-refractivity contribution in [1.29, 1.82) is 0 Å². The lowest BCUT2D eigenvalue weighted by Crippen LogP contribution is -2.45. The third kappa shape index (κ3) is 17.4. The zero-order chi connectivity index (χ0) is 59.5. The summed E-state index contributed by atoms with van der Waals surface area (Å²) in [5.41, 5.74) is 13.2. The highest BCUT2D eigenvalue weighted by molar-refractivity contribution is 5.98. The van der Waals surface area contributed by atoms with Gasteiger partial charge in [-0.05, 0) is 204 Å². The van der Waals surface area contributed by atoms with E-state index in [1.54, 1.807) is 12.3 Å². The van der Waals surface area contributed by atoms with Gasteiger partial charge in [0.25, 0.3) is 11.8 Å². The van der Waals surface area contributed by atoms with E-state index in [4.69, 9.17) is 4.74 Å². The lowest BCUT2D eigenvalue weighted by Gasteiger charge is -2.32. The molecule has 85 heavy (non-hydrogen) atoms. The average Bonchev–Trinajstić information content (AvgIpc) is 3.65. The number of nitrogens with one attached hydrogen (secondary N) is 2. The van der Waals surface area contributed by atoms with Gasteiger partial charge in [-0.25, -0.2) is 0 Å². The minimum atomic E-state index is -0.0204. The number of amides is 2. The van der Waals surface area contributed by atoms with Crippen molar-refractivity contribution in [3.63, 3.8) is 0 Å². The number of phenolic OH excluding ortho intramolecular Hbond substituents is 1. The van der Waals surface area contributed by atoms with E-state index in [1.165, 1.54) is 0 Å². The normalized spacial score (nSPS) is 13.9. The molecule has 0 radical (unpaired) electrons. The van der Waals surface area contributed by atoms with Gasteiger partial charge in [0.1, 0.15) is 11.3 Å². The molecule has 2 amide bonds. The summed E-state index contributed by atoms with van der Waals surface area (Å²) in [4.78, 5) is 60.1. The maximum atomic E-state index is 12.7. The largest absolute Gasteiger partial charge is 0.506 e. The second kappa shape index (κ2) is 30.5. The number of likely N-dealkylation sites (N-methyl/N-ethyl adjacent to an activating group) is 1. The van der Waals surface area contributed by atoms with Gasteiger partial charge < -0.3 is 35.2 Å². The van der Waals surface area contributed by atoms with Crippen molar-refractivity contribution in [2.24, 2.45) is 0 Å². The number of phenols is 1. The number of hydrogen-bond donors (Lipinski definition) is 3. The third-order valence-electron chi connectivity index (χ3n) is 15.8. The number of aromatic hydroxyl groups is 1. The second-order valence-corrected chi connectivity index (χ2v) is 22.5. The Hall–Kier alpha value is -8.24. The predicted octanol–water partition coefficient (Wildman–Crippen LogP) is 11.8. The number of aromatic nitrogens is 3. The summed E-state index contributed by atoms with van der Waals surface area (Å²) in [6, 6.07) is 47.4. The number of carbonyl (C=O) groups is 3. The van der Waals surface area contributed by atoms with Gasteiger partial charge in [-0.3, -0.25) is 34.2 Å². The van der Waals surface area contributed by atoms with Crippen LogP contribution in [0.25, 0.3) is 66.1 Å². The highest BCUT2D eigenvalue weighted by Gasteiger charge is 2.16. The number of pyridine rings is 3. The van der Waals surface area contributed by atoms with Crippen molar-refractivity contribution < 1.29 is 24.2 Å². The molecule has 3 N–H and O–H groups in total. The van der Waals surface area contributed by atoms with E-state index in [1.807, 2.05) is 124 Å². The number of hydrogen-bond acceptors (Lipinski definition) is 12. The SMILES string of the molecule is CN(C)CCCCC(=O)c1ccc(-c2cc(O)c3ncccc3c2)cc1.Cc1cc(-c2cccc(C(=O)NCCCN3CCN(C)CC3)c2)cc2cccnc12.Cc1cc(-c2cccc(C(=O)NCCCN3CCOCC3)c2)cc2cccnc12. The molecule has 0 spiro atoms. The van der Waals surface area contributed by atoms with Crippen LogP contribution in [0.3, 0.4) is 0 Å². The predicted molar refractivity (Wildman–Crippen MR) is 345 cm³/mol. The van der Waals surface area contributed by atoms with Gasteiger partial charge in [0.05, 0.1) is 24.2 Å². The van der Waals surface area contributed by atoms with Crippen molar-refractivity contribution in [1.82, 2.24) is 45.2 Å². The van der Waals surface area contributed by atoms with Crippen molar-refractivity contribution in [3.8, 4) is 39.1 Å². The number of ether oxygens (including phenoxy) is 1. The molecule has 2 aliphatic heterocycles. The van der Waals surface area contributed by atoms with Crippen LogP contribution in [0.2, 0.25) is 0 Å².